The summed E-state index contributed by atoms with van der Waals surface area (Å²) in [6.45, 7) is 8.78. The SMILES string of the molecule is C=CCOC(=O)Cc1cc(OCCCCCOc2cc(CC(=O)OCC=C)c(C(=O)N3CC4(CC4)C[C@H]3CO)cc2OC)c(OC)cc1C(=O)N1CC2(CC2)C[C@H]1CO. The predicted molar refractivity (Wildman–Crippen MR) is 217 cm³/mol. The first-order valence-electron chi connectivity index (χ1n) is 20.6. The predicted octanol–water partition coefficient (Wildman–Crippen LogP) is 4.85. The number of ether oxygens (including phenoxy) is 6. The topological polar surface area (TPSA) is 171 Å². The molecule has 2 saturated heterocycles. The lowest BCUT2D eigenvalue weighted by Crippen LogP contribution is -2.38. The first kappa shape index (κ1) is 43.5. The molecule has 2 aliphatic heterocycles. The van der Waals surface area contributed by atoms with E-state index in [2.05, 4.69) is 13.2 Å². The van der Waals surface area contributed by atoms with Crippen LogP contribution >= 0.6 is 0 Å². The van der Waals surface area contributed by atoms with E-state index in [-0.39, 0.29) is 74.0 Å². The third-order valence-corrected chi connectivity index (χ3v) is 12.0. The molecular weight excluding hydrogens is 760 g/mol. The van der Waals surface area contributed by atoms with Crippen molar-refractivity contribution < 1.29 is 57.8 Å². The Morgan fingerprint density at radius 3 is 1.41 bits per heavy atom. The Balaban J connectivity index is 1.08. The van der Waals surface area contributed by atoms with Gasteiger partial charge in [-0.2, -0.15) is 0 Å². The van der Waals surface area contributed by atoms with Gasteiger partial charge in [-0.25, -0.2) is 0 Å². The van der Waals surface area contributed by atoms with E-state index in [0.717, 1.165) is 44.9 Å². The molecule has 2 aromatic rings. The Hall–Kier alpha value is -5.08. The number of unbranched alkanes of at least 4 members (excludes halogenated alkanes) is 2. The molecule has 14 nitrogen and oxygen atoms in total. The van der Waals surface area contributed by atoms with Crippen molar-refractivity contribution in [2.24, 2.45) is 10.8 Å². The van der Waals surface area contributed by atoms with E-state index in [1.165, 1.54) is 26.4 Å². The van der Waals surface area contributed by atoms with Gasteiger partial charge in [0.25, 0.3) is 11.8 Å². The maximum Gasteiger partial charge on any atom is 0.310 e. The van der Waals surface area contributed by atoms with Gasteiger partial charge in [-0.3, -0.25) is 19.2 Å². The molecule has 2 aromatic carbocycles. The molecule has 2 spiro atoms. The molecule has 0 bridgehead atoms. The van der Waals surface area contributed by atoms with E-state index < -0.39 is 11.9 Å². The minimum absolute atomic E-state index is 0.0430. The van der Waals surface area contributed by atoms with Crippen LogP contribution < -0.4 is 18.9 Å². The Bertz CT molecular complexity index is 1750. The molecule has 59 heavy (non-hydrogen) atoms. The van der Waals surface area contributed by atoms with Gasteiger partial charge in [0.2, 0.25) is 0 Å². The molecular formula is C45H58N2O12. The number of amides is 2. The van der Waals surface area contributed by atoms with Crippen molar-refractivity contribution in [2.45, 2.75) is 82.7 Å². The van der Waals surface area contributed by atoms with Crippen LogP contribution in [0.5, 0.6) is 23.0 Å². The molecule has 4 aliphatic rings. The molecule has 320 valence electrons. The number of carbonyl (C=O) groups is 4. The zero-order valence-corrected chi connectivity index (χ0v) is 34.3. The molecule has 2 aliphatic carbocycles. The zero-order chi connectivity index (χ0) is 42.2. The van der Waals surface area contributed by atoms with Gasteiger partial charge < -0.3 is 48.4 Å². The summed E-state index contributed by atoms with van der Waals surface area (Å²) in [5, 5.41) is 20.2. The Labute approximate surface area is 346 Å². The number of likely N-dealkylation sites (tertiary alicyclic amines) is 2. The van der Waals surface area contributed by atoms with Crippen LogP contribution in [0, 0.1) is 10.8 Å². The van der Waals surface area contributed by atoms with Crippen LogP contribution in [-0.2, 0) is 31.9 Å². The van der Waals surface area contributed by atoms with Gasteiger partial charge in [0.15, 0.2) is 23.0 Å². The number of aliphatic hydroxyl groups is 2. The Morgan fingerprint density at radius 2 is 1.07 bits per heavy atom. The van der Waals surface area contributed by atoms with Crippen LogP contribution in [0.4, 0.5) is 0 Å². The molecule has 2 atom stereocenters. The van der Waals surface area contributed by atoms with E-state index >= 15 is 0 Å². The third-order valence-electron chi connectivity index (χ3n) is 12.0. The number of esters is 2. The smallest absolute Gasteiger partial charge is 0.310 e. The first-order chi connectivity index (χ1) is 28.5. The Kier molecular flexibility index (Phi) is 14.2. The van der Waals surface area contributed by atoms with Gasteiger partial charge in [-0.05, 0) is 104 Å². The molecule has 0 aromatic heterocycles. The van der Waals surface area contributed by atoms with E-state index in [1.807, 2.05) is 0 Å². The van der Waals surface area contributed by atoms with Gasteiger partial charge >= 0.3 is 11.9 Å². The van der Waals surface area contributed by atoms with E-state index in [1.54, 1.807) is 34.1 Å². The highest BCUT2D eigenvalue weighted by Crippen LogP contribution is 2.56. The molecule has 0 unspecified atom stereocenters. The summed E-state index contributed by atoms with van der Waals surface area (Å²) in [7, 11) is 2.98. The van der Waals surface area contributed by atoms with Gasteiger partial charge in [0.05, 0.1) is 65.6 Å². The second kappa shape index (κ2) is 19.3. The van der Waals surface area contributed by atoms with Gasteiger partial charge in [0.1, 0.15) is 13.2 Å². The largest absolute Gasteiger partial charge is 0.493 e. The van der Waals surface area contributed by atoms with Crippen LogP contribution in [0.25, 0.3) is 0 Å². The van der Waals surface area contributed by atoms with Crippen molar-refractivity contribution in [3.8, 4) is 23.0 Å². The van der Waals surface area contributed by atoms with Crippen molar-refractivity contribution in [3.63, 3.8) is 0 Å². The third kappa shape index (κ3) is 10.4. The maximum absolute atomic E-state index is 14.0. The van der Waals surface area contributed by atoms with Crippen LogP contribution in [0.1, 0.15) is 89.6 Å². The van der Waals surface area contributed by atoms with Crippen LogP contribution in [-0.4, -0.2) is 123 Å². The summed E-state index contributed by atoms with van der Waals surface area (Å²) in [5.41, 5.74) is 1.64. The van der Waals surface area contributed by atoms with Crippen LogP contribution in [0.15, 0.2) is 49.6 Å². The normalized spacial score (nSPS) is 19.3. The van der Waals surface area contributed by atoms with E-state index in [4.69, 9.17) is 28.4 Å². The molecule has 0 radical (unpaired) electrons. The molecule has 2 saturated carbocycles. The molecule has 14 heteroatoms. The lowest BCUT2D eigenvalue weighted by molar-refractivity contribution is -0.142. The average Bonchev–Trinajstić information content (AvgIpc) is 4.11. The van der Waals surface area contributed by atoms with Gasteiger partial charge in [-0.1, -0.05) is 25.3 Å². The quantitative estimate of drug-likeness (QED) is 0.0943. The first-order valence-corrected chi connectivity index (χ1v) is 20.6. The number of hydrogen-bond acceptors (Lipinski definition) is 12. The standard InChI is InChI=1S/C45H58N2O12/c1-5-14-58-40(50)20-30-18-38(36(54-3)22-34(30)42(52)46-28-44(10-11-44)24-32(46)26-48)56-16-8-7-9-17-57-39-19-31(21-41(51)59-15-6-2)35(23-37(39)55-4)43(53)47-29-45(12-13-45)25-33(47)27-49/h5-6,18-19,22-23,32-33,48-49H,1-2,7-17,20-21,24-29H2,3-4H3/t32-,33-/m0/s1. The summed E-state index contributed by atoms with van der Waals surface area (Å²) in [5.74, 6) is -0.0955. The second-order valence-electron chi connectivity index (χ2n) is 16.3. The lowest BCUT2D eigenvalue weighted by atomic mass is 10.0. The second-order valence-corrected chi connectivity index (χ2v) is 16.3. The summed E-state index contributed by atoms with van der Waals surface area (Å²) in [4.78, 5) is 56.9. The van der Waals surface area contributed by atoms with Crippen LogP contribution in [0.2, 0.25) is 0 Å². The number of aliphatic hydroxyl groups excluding tert-OH is 2. The van der Waals surface area contributed by atoms with Crippen molar-refractivity contribution >= 4 is 23.8 Å². The van der Waals surface area contributed by atoms with Gasteiger partial charge in [0, 0.05) is 24.2 Å². The maximum atomic E-state index is 14.0. The van der Waals surface area contributed by atoms with Crippen molar-refractivity contribution in [3.05, 3.63) is 71.8 Å². The fraction of sp³-hybridized carbons (Fsp3) is 0.556. The lowest BCUT2D eigenvalue weighted by Gasteiger charge is -2.25. The van der Waals surface area contributed by atoms with E-state index in [0.29, 0.717) is 84.4 Å². The summed E-state index contributed by atoms with van der Waals surface area (Å²) in [6.07, 6.45) is 10.3. The van der Waals surface area contributed by atoms with Crippen molar-refractivity contribution in [1.29, 1.82) is 0 Å². The average molecular weight is 819 g/mol. The number of nitrogens with zero attached hydrogens (tertiary/aromatic N) is 2. The minimum atomic E-state index is -0.514. The van der Waals surface area contributed by atoms with Crippen LogP contribution in [0.3, 0.4) is 0 Å². The Morgan fingerprint density at radius 1 is 0.661 bits per heavy atom. The highest BCUT2D eigenvalue weighted by atomic mass is 16.5. The van der Waals surface area contributed by atoms with Crippen molar-refractivity contribution in [1.82, 2.24) is 9.80 Å². The highest BCUT2D eigenvalue weighted by Gasteiger charge is 2.54. The fourth-order valence-corrected chi connectivity index (χ4v) is 8.42. The summed E-state index contributed by atoms with van der Waals surface area (Å²) >= 11 is 0. The highest BCUT2D eigenvalue weighted by molar-refractivity contribution is 5.99. The van der Waals surface area contributed by atoms with E-state index in [9.17, 15) is 29.4 Å². The zero-order valence-electron chi connectivity index (χ0n) is 34.3. The molecule has 6 rings (SSSR count). The fourth-order valence-electron chi connectivity index (χ4n) is 8.42. The minimum Gasteiger partial charge on any atom is -0.493 e. The molecule has 2 N–H and O–H groups in total. The molecule has 2 heterocycles. The van der Waals surface area contributed by atoms with Crippen molar-refractivity contribution in [2.75, 3.05) is 67.0 Å². The molecule has 2 amide bonds. The summed E-state index contributed by atoms with van der Waals surface area (Å²) < 4.78 is 34.1. The number of carbonyl (C=O) groups excluding carboxylic acids is 4. The number of benzene rings is 2. The number of rotatable bonds is 22. The number of methoxy groups -OCH3 is 2. The molecule has 4 fully saturated rings. The summed E-state index contributed by atoms with van der Waals surface area (Å²) in [6, 6.07) is 5.95. The number of hydrogen-bond donors (Lipinski definition) is 2. The monoisotopic (exact) mass is 818 g/mol. The van der Waals surface area contributed by atoms with Gasteiger partial charge in [-0.15, -0.1) is 0 Å².